The molecule has 5 rings (SSSR count). The topological polar surface area (TPSA) is 88.4 Å². The molecular weight excluding hydrogens is 430 g/mol. The first-order valence-electron chi connectivity index (χ1n) is 11.8. The molecule has 2 aliphatic heterocycles. The van der Waals surface area contributed by atoms with Gasteiger partial charge < -0.3 is 15.0 Å². The van der Waals surface area contributed by atoms with Crippen LogP contribution in [0.2, 0.25) is 0 Å². The summed E-state index contributed by atoms with van der Waals surface area (Å²) in [6, 6.07) is 14.2. The van der Waals surface area contributed by atoms with Crippen molar-refractivity contribution in [1.29, 1.82) is 0 Å². The zero-order valence-corrected chi connectivity index (χ0v) is 19.9. The van der Waals surface area contributed by atoms with Gasteiger partial charge in [-0.1, -0.05) is 30.3 Å². The Morgan fingerprint density at radius 1 is 1.03 bits per heavy atom. The number of anilines is 1. The summed E-state index contributed by atoms with van der Waals surface area (Å²) in [4.78, 5) is 17.6. The van der Waals surface area contributed by atoms with Crippen molar-refractivity contribution in [3.8, 4) is 5.75 Å². The lowest BCUT2D eigenvalue weighted by Crippen LogP contribution is -2.53. The van der Waals surface area contributed by atoms with Crippen molar-refractivity contribution in [3.05, 3.63) is 65.0 Å². The SMILES string of the molecule is COc1ccc(C[C@@H]2NC(=O)Cn3nnnc3C2N2CCN(c3c(C)cccc3C)CC2)cc1. The Morgan fingerprint density at radius 2 is 1.74 bits per heavy atom. The van der Waals surface area contributed by atoms with Crippen LogP contribution >= 0.6 is 0 Å². The molecule has 9 nitrogen and oxygen atoms in total. The average Bonchev–Trinajstić information content (AvgIpc) is 3.23. The number of carbonyl (C=O) groups excluding carboxylic acids is 1. The zero-order valence-electron chi connectivity index (χ0n) is 19.9. The summed E-state index contributed by atoms with van der Waals surface area (Å²) in [7, 11) is 1.66. The standard InChI is InChI=1S/C25H31N7O2/c1-17-5-4-6-18(2)23(17)30-11-13-31(14-12-30)24-21(15-19-7-9-20(34-3)10-8-19)26-22(33)16-32-25(24)27-28-29-32/h4-10,21,24H,11-16H2,1-3H3,(H,26,33)/t21-,24?/m0/s1. The molecule has 3 heterocycles. The molecule has 0 radical (unpaired) electrons. The molecule has 0 saturated carbocycles. The normalized spacial score (nSPS) is 21.0. The maximum Gasteiger partial charge on any atom is 0.242 e. The highest BCUT2D eigenvalue weighted by Crippen LogP contribution is 2.31. The third kappa shape index (κ3) is 4.35. The quantitative estimate of drug-likeness (QED) is 0.621. The van der Waals surface area contributed by atoms with Gasteiger partial charge in [0.15, 0.2) is 5.82 Å². The molecule has 1 saturated heterocycles. The number of amides is 1. The number of piperazine rings is 1. The number of tetrazole rings is 1. The molecule has 9 heteroatoms. The van der Waals surface area contributed by atoms with Crippen molar-refractivity contribution in [1.82, 2.24) is 30.4 Å². The number of aromatic nitrogens is 4. The monoisotopic (exact) mass is 461 g/mol. The van der Waals surface area contributed by atoms with Crippen LogP contribution in [0.25, 0.3) is 0 Å². The fourth-order valence-corrected chi connectivity index (χ4v) is 5.31. The van der Waals surface area contributed by atoms with Crippen LogP contribution in [-0.4, -0.2) is 70.3 Å². The van der Waals surface area contributed by atoms with Gasteiger partial charge in [0.05, 0.1) is 19.2 Å². The molecule has 1 aromatic heterocycles. The lowest BCUT2D eigenvalue weighted by molar-refractivity contribution is -0.122. The first kappa shape index (κ1) is 22.3. The second kappa shape index (κ2) is 9.42. The first-order valence-corrected chi connectivity index (χ1v) is 11.8. The molecule has 1 unspecified atom stereocenters. The van der Waals surface area contributed by atoms with E-state index in [0.717, 1.165) is 43.3 Å². The van der Waals surface area contributed by atoms with Crippen LogP contribution in [0.5, 0.6) is 5.75 Å². The van der Waals surface area contributed by atoms with E-state index >= 15 is 0 Å². The molecule has 0 bridgehead atoms. The number of carbonyl (C=O) groups is 1. The molecule has 1 N–H and O–H groups in total. The number of ether oxygens (including phenoxy) is 1. The number of nitrogens with one attached hydrogen (secondary N) is 1. The largest absolute Gasteiger partial charge is 0.497 e. The minimum Gasteiger partial charge on any atom is -0.497 e. The van der Waals surface area contributed by atoms with E-state index in [-0.39, 0.29) is 24.5 Å². The molecule has 1 fully saturated rings. The maximum atomic E-state index is 12.7. The minimum absolute atomic E-state index is 0.0660. The number of fused-ring (bicyclic) bond motifs is 1. The highest BCUT2D eigenvalue weighted by molar-refractivity contribution is 5.76. The Morgan fingerprint density at radius 3 is 2.41 bits per heavy atom. The third-order valence-electron chi connectivity index (χ3n) is 6.92. The number of para-hydroxylation sites is 1. The van der Waals surface area contributed by atoms with Gasteiger partial charge in [0.1, 0.15) is 12.3 Å². The van der Waals surface area contributed by atoms with Gasteiger partial charge in [-0.15, -0.1) is 5.10 Å². The molecule has 2 aliphatic rings. The lowest BCUT2D eigenvalue weighted by atomic mass is 9.96. The van der Waals surface area contributed by atoms with Gasteiger partial charge in [-0.2, -0.15) is 0 Å². The fraction of sp³-hybridized carbons (Fsp3) is 0.440. The maximum absolute atomic E-state index is 12.7. The molecule has 0 aliphatic carbocycles. The summed E-state index contributed by atoms with van der Waals surface area (Å²) < 4.78 is 6.94. The number of hydrogen-bond donors (Lipinski definition) is 1. The van der Waals surface area contributed by atoms with E-state index in [9.17, 15) is 4.79 Å². The predicted octanol–water partition coefficient (Wildman–Crippen LogP) is 1.90. The first-order chi connectivity index (χ1) is 16.5. The summed E-state index contributed by atoms with van der Waals surface area (Å²) >= 11 is 0. The summed E-state index contributed by atoms with van der Waals surface area (Å²) in [6.07, 6.45) is 0.685. The Balaban J connectivity index is 1.40. The van der Waals surface area contributed by atoms with Gasteiger partial charge in [0.2, 0.25) is 5.91 Å². The summed E-state index contributed by atoms with van der Waals surface area (Å²) in [5.74, 6) is 1.50. The highest BCUT2D eigenvalue weighted by Gasteiger charge is 2.38. The third-order valence-corrected chi connectivity index (χ3v) is 6.92. The number of hydrogen-bond acceptors (Lipinski definition) is 7. The van der Waals surface area contributed by atoms with Crippen molar-refractivity contribution < 1.29 is 9.53 Å². The second-order valence-electron chi connectivity index (χ2n) is 9.13. The van der Waals surface area contributed by atoms with Gasteiger partial charge in [0, 0.05) is 31.9 Å². The van der Waals surface area contributed by atoms with Crippen molar-refractivity contribution in [3.63, 3.8) is 0 Å². The molecule has 2 atom stereocenters. The fourth-order valence-electron chi connectivity index (χ4n) is 5.31. The van der Waals surface area contributed by atoms with Crippen LogP contribution < -0.4 is 15.0 Å². The van der Waals surface area contributed by atoms with Crippen LogP contribution in [0.3, 0.4) is 0 Å². The molecule has 2 aromatic carbocycles. The second-order valence-corrected chi connectivity index (χ2v) is 9.13. The van der Waals surface area contributed by atoms with Gasteiger partial charge in [0.25, 0.3) is 0 Å². The molecule has 1 amide bonds. The molecule has 34 heavy (non-hydrogen) atoms. The van der Waals surface area contributed by atoms with E-state index in [1.165, 1.54) is 16.8 Å². The van der Waals surface area contributed by atoms with Crippen molar-refractivity contribution in [2.24, 2.45) is 0 Å². The van der Waals surface area contributed by atoms with Gasteiger partial charge >= 0.3 is 0 Å². The number of rotatable bonds is 5. The van der Waals surface area contributed by atoms with Crippen molar-refractivity contribution in [2.45, 2.75) is 38.9 Å². The van der Waals surface area contributed by atoms with E-state index in [1.54, 1.807) is 11.8 Å². The smallest absolute Gasteiger partial charge is 0.242 e. The minimum atomic E-state index is -0.139. The number of benzene rings is 2. The number of nitrogens with zero attached hydrogens (tertiary/aromatic N) is 6. The Labute approximate surface area is 199 Å². The van der Waals surface area contributed by atoms with Crippen LogP contribution in [0.15, 0.2) is 42.5 Å². The molecular formula is C25H31N7O2. The lowest BCUT2D eigenvalue weighted by Gasteiger charge is -2.42. The number of aryl methyl sites for hydroxylation is 2. The van der Waals surface area contributed by atoms with Crippen molar-refractivity contribution >= 4 is 11.6 Å². The number of methoxy groups -OCH3 is 1. The van der Waals surface area contributed by atoms with E-state index in [2.05, 4.69) is 74.8 Å². The summed E-state index contributed by atoms with van der Waals surface area (Å²) in [6.45, 7) is 8.03. The Kier molecular flexibility index (Phi) is 6.19. The average molecular weight is 462 g/mol. The van der Waals surface area contributed by atoms with Crippen LogP contribution in [-0.2, 0) is 17.8 Å². The van der Waals surface area contributed by atoms with Crippen LogP contribution in [0.1, 0.15) is 28.6 Å². The molecule has 3 aromatic rings. The van der Waals surface area contributed by atoms with E-state index < -0.39 is 0 Å². The van der Waals surface area contributed by atoms with Crippen LogP contribution in [0.4, 0.5) is 5.69 Å². The van der Waals surface area contributed by atoms with Gasteiger partial charge in [-0.05, 0) is 59.5 Å². The van der Waals surface area contributed by atoms with E-state index in [1.807, 2.05) is 12.1 Å². The van der Waals surface area contributed by atoms with E-state index in [0.29, 0.717) is 6.42 Å². The van der Waals surface area contributed by atoms with E-state index in [4.69, 9.17) is 4.74 Å². The van der Waals surface area contributed by atoms with Crippen molar-refractivity contribution in [2.75, 3.05) is 38.2 Å². The van der Waals surface area contributed by atoms with Gasteiger partial charge in [-0.3, -0.25) is 9.69 Å². The molecule has 178 valence electrons. The summed E-state index contributed by atoms with van der Waals surface area (Å²) in [5.41, 5.74) is 5.06. The molecule has 0 spiro atoms. The van der Waals surface area contributed by atoms with Gasteiger partial charge in [-0.25, -0.2) is 4.68 Å². The van der Waals surface area contributed by atoms with Crippen LogP contribution in [0, 0.1) is 13.8 Å². The summed E-state index contributed by atoms with van der Waals surface area (Å²) in [5, 5.41) is 15.6. The highest BCUT2D eigenvalue weighted by atomic mass is 16.5. The Hall–Kier alpha value is -3.46. The zero-order chi connectivity index (χ0) is 23.7. The predicted molar refractivity (Wildman–Crippen MR) is 129 cm³/mol. The Bertz CT molecular complexity index is 1130.